The van der Waals surface area contributed by atoms with E-state index in [9.17, 15) is 4.79 Å². The Morgan fingerprint density at radius 1 is 1.14 bits per heavy atom. The van der Waals surface area contributed by atoms with E-state index in [1.807, 2.05) is 36.5 Å². The van der Waals surface area contributed by atoms with Gasteiger partial charge in [-0.05, 0) is 50.8 Å². The molecular formula is C23H28N4O2. The van der Waals surface area contributed by atoms with Crippen molar-refractivity contribution in [3.8, 4) is 11.4 Å². The fraction of sp³-hybridized carbons (Fsp3) is 0.522. The smallest absolute Gasteiger partial charge is 0.225 e. The van der Waals surface area contributed by atoms with Gasteiger partial charge in [0.15, 0.2) is 5.82 Å². The number of benzene rings is 1. The van der Waals surface area contributed by atoms with Crippen molar-refractivity contribution in [2.24, 2.45) is 5.92 Å². The van der Waals surface area contributed by atoms with Gasteiger partial charge >= 0.3 is 0 Å². The first-order chi connectivity index (χ1) is 14.3. The summed E-state index contributed by atoms with van der Waals surface area (Å²) in [5.74, 6) is 1.25. The molecule has 2 fully saturated rings. The molecule has 1 aromatic carbocycles. The quantitative estimate of drug-likeness (QED) is 0.851. The lowest BCUT2D eigenvalue weighted by Crippen LogP contribution is -2.51. The van der Waals surface area contributed by atoms with Gasteiger partial charge in [0.2, 0.25) is 5.91 Å². The molecule has 0 atom stereocenters. The standard InChI is InChI=1S/C23H28N4O2/c28-22(18-6-11-24-12-7-18)27-13-9-23(10-14-27)20-19(8-15-29-23)16-25-21(26-20)17-4-2-1-3-5-17/h1-5,16,18,24H,6-15H2. The molecule has 3 aliphatic heterocycles. The third-order valence-electron chi connectivity index (χ3n) is 6.65. The molecule has 1 aromatic heterocycles. The van der Waals surface area contributed by atoms with Crippen molar-refractivity contribution in [2.45, 2.75) is 37.7 Å². The van der Waals surface area contributed by atoms with Crippen molar-refractivity contribution in [3.05, 3.63) is 47.8 Å². The van der Waals surface area contributed by atoms with Crippen LogP contribution in [0, 0.1) is 5.92 Å². The number of carbonyl (C=O) groups is 1. The maximum absolute atomic E-state index is 12.9. The Labute approximate surface area is 171 Å². The fourth-order valence-corrected chi connectivity index (χ4v) is 4.93. The van der Waals surface area contributed by atoms with Crippen LogP contribution in [-0.4, -0.2) is 53.6 Å². The highest BCUT2D eigenvalue weighted by Crippen LogP contribution is 2.41. The first kappa shape index (κ1) is 18.7. The van der Waals surface area contributed by atoms with Crippen molar-refractivity contribution in [1.82, 2.24) is 20.2 Å². The minimum absolute atomic E-state index is 0.178. The third-order valence-corrected chi connectivity index (χ3v) is 6.65. The van der Waals surface area contributed by atoms with Crippen LogP contribution in [0.3, 0.4) is 0 Å². The molecule has 0 aliphatic carbocycles. The second kappa shape index (κ2) is 7.84. The number of likely N-dealkylation sites (tertiary alicyclic amines) is 1. The second-order valence-electron chi connectivity index (χ2n) is 8.38. The van der Waals surface area contributed by atoms with Gasteiger partial charge in [0.25, 0.3) is 0 Å². The molecule has 3 aliphatic rings. The number of rotatable bonds is 2. The monoisotopic (exact) mass is 392 g/mol. The molecule has 2 aromatic rings. The number of fused-ring (bicyclic) bond motifs is 2. The highest BCUT2D eigenvalue weighted by Gasteiger charge is 2.44. The van der Waals surface area contributed by atoms with Gasteiger partial charge in [-0.1, -0.05) is 30.3 Å². The number of piperidine rings is 2. The van der Waals surface area contributed by atoms with E-state index >= 15 is 0 Å². The van der Waals surface area contributed by atoms with E-state index in [4.69, 9.17) is 9.72 Å². The summed E-state index contributed by atoms with van der Waals surface area (Å²) in [7, 11) is 0. The van der Waals surface area contributed by atoms with Gasteiger partial charge in [-0.2, -0.15) is 0 Å². The Morgan fingerprint density at radius 3 is 2.66 bits per heavy atom. The number of ether oxygens (including phenoxy) is 1. The average molecular weight is 393 g/mol. The summed E-state index contributed by atoms with van der Waals surface area (Å²) in [5.41, 5.74) is 2.86. The molecule has 29 heavy (non-hydrogen) atoms. The summed E-state index contributed by atoms with van der Waals surface area (Å²) < 4.78 is 6.36. The van der Waals surface area contributed by atoms with E-state index in [-0.39, 0.29) is 11.5 Å². The Hall–Kier alpha value is -2.31. The zero-order chi connectivity index (χ0) is 19.7. The Balaban J connectivity index is 1.37. The van der Waals surface area contributed by atoms with Crippen molar-refractivity contribution in [3.63, 3.8) is 0 Å². The summed E-state index contributed by atoms with van der Waals surface area (Å²) in [6, 6.07) is 10.1. The maximum atomic E-state index is 12.9. The predicted molar refractivity (Wildman–Crippen MR) is 110 cm³/mol. The average Bonchev–Trinajstić information content (AvgIpc) is 2.80. The summed E-state index contributed by atoms with van der Waals surface area (Å²) in [5, 5.41) is 3.34. The van der Waals surface area contributed by atoms with Crippen molar-refractivity contribution < 1.29 is 9.53 Å². The number of hydrogen-bond donors (Lipinski definition) is 1. The Bertz CT molecular complexity index is 872. The topological polar surface area (TPSA) is 67.4 Å². The minimum atomic E-state index is -0.384. The summed E-state index contributed by atoms with van der Waals surface area (Å²) in [6.07, 6.45) is 6.34. The van der Waals surface area contributed by atoms with Crippen molar-refractivity contribution in [1.29, 1.82) is 0 Å². The van der Waals surface area contributed by atoms with Crippen LogP contribution in [-0.2, 0) is 21.6 Å². The van der Waals surface area contributed by atoms with Crippen LogP contribution in [0.1, 0.15) is 36.9 Å². The molecule has 5 rings (SSSR count). The normalized spacial score (nSPS) is 21.7. The van der Waals surface area contributed by atoms with Crippen molar-refractivity contribution >= 4 is 5.91 Å². The molecule has 0 unspecified atom stereocenters. The van der Waals surface area contributed by atoms with Crippen LogP contribution < -0.4 is 5.32 Å². The molecule has 6 heteroatoms. The number of nitrogens with one attached hydrogen (secondary N) is 1. The molecule has 4 heterocycles. The molecule has 0 radical (unpaired) electrons. The molecule has 152 valence electrons. The summed E-state index contributed by atoms with van der Waals surface area (Å²) in [4.78, 5) is 24.6. The van der Waals surface area contributed by atoms with Crippen LogP contribution in [0.5, 0.6) is 0 Å². The zero-order valence-electron chi connectivity index (χ0n) is 16.8. The van der Waals surface area contributed by atoms with Crippen LogP contribution >= 0.6 is 0 Å². The van der Waals surface area contributed by atoms with Crippen LogP contribution in [0.15, 0.2) is 36.5 Å². The number of carbonyl (C=O) groups excluding carboxylic acids is 1. The predicted octanol–water partition coefficient (Wildman–Crippen LogP) is 2.53. The maximum Gasteiger partial charge on any atom is 0.225 e. The second-order valence-corrected chi connectivity index (χ2v) is 8.38. The molecule has 0 saturated carbocycles. The first-order valence-corrected chi connectivity index (χ1v) is 10.8. The number of hydrogen-bond acceptors (Lipinski definition) is 5. The largest absolute Gasteiger partial charge is 0.368 e. The lowest BCUT2D eigenvalue weighted by atomic mass is 9.82. The van der Waals surface area contributed by atoms with E-state index in [1.54, 1.807) is 0 Å². The van der Waals surface area contributed by atoms with E-state index in [0.717, 1.165) is 75.4 Å². The van der Waals surface area contributed by atoms with Gasteiger partial charge in [-0.25, -0.2) is 9.97 Å². The van der Waals surface area contributed by atoms with Gasteiger partial charge in [0, 0.05) is 30.8 Å². The van der Waals surface area contributed by atoms with Crippen LogP contribution in [0.25, 0.3) is 11.4 Å². The highest BCUT2D eigenvalue weighted by atomic mass is 16.5. The third kappa shape index (κ3) is 3.55. The van der Waals surface area contributed by atoms with Gasteiger partial charge in [-0.3, -0.25) is 4.79 Å². The van der Waals surface area contributed by atoms with Crippen molar-refractivity contribution in [2.75, 3.05) is 32.8 Å². The number of aromatic nitrogens is 2. The van der Waals surface area contributed by atoms with Gasteiger partial charge in [0.1, 0.15) is 5.60 Å². The molecule has 1 amide bonds. The van der Waals surface area contributed by atoms with Gasteiger partial charge < -0.3 is 15.0 Å². The number of amides is 1. The Kier molecular flexibility index (Phi) is 5.06. The summed E-state index contributed by atoms with van der Waals surface area (Å²) in [6.45, 7) is 4.08. The minimum Gasteiger partial charge on any atom is -0.368 e. The molecule has 0 bridgehead atoms. The van der Waals surface area contributed by atoms with E-state index in [1.165, 1.54) is 5.56 Å². The van der Waals surface area contributed by atoms with E-state index < -0.39 is 0 Å². The van der Waals surface area contributed by atoms with Crippen LogP contribution in [0.2, 0.25) is 0 Å². The van der Waals surface area contributed by atoms with E-state index in [0.29, 0.717) is 12.5 Å². The molecule has 6 nitrogen and oxygen atoms in total. The van der Waals surface area contributed by atoms with Crippen LogP contribution in [0.4, 0.5) is 0 Å². The summed E-state index contributed by atoms with van der Waals surface area (Å²) >= 11 is 0. The number of nitrogens with zero attached hydrogens (tertiary/aromatic N) is 3. The molecular weight excluding hydrogens is 364 g/mol. The lowest BCUT2D eigenvalue weighted by molar-refractivity contribution is -0.146. The first-order valence-electron chi connectivity index (χ1n) is 10.8. The molecule has 2 saturated heterocycles. The fourth-order valence-electron chi connectivity index (χ4n) is 4.93. The SMILES string of the molecule is O=C(C1CCNCC1)N1CCC2(CC1)OCCc1cnc(-c3ccccc3)nc12. The highest BCUT2D eigenvalue weighted by molar-refractivity contribution is 5.79. The van der Waals surface area contributed by atoms with Gasteiger partial charge in [0.05, 0.1) is 12.3 Å². The van der Waals surface area contributed by atoms with E-state index in [2.05, 4.69) is 15.2 Å². The molecule has 1 spiro atoms. The molecule has 1 N–H and O–H groups in total. The lowest BCUT2D eigenvalue weighted by Gasteiger charge is -2.44. The zero-order valence-corrected chi connectivity index (χ0v) is 16.8. The van der Waals surface area contributed by atoms with Gasteiger partial charge in [-0.15, -0.1) is 0 Å². The Morgan fingerprint density at radius 2 is 1.90 bits per heavy atom.